The van der Waals surface area contributed by atoms with Gasteiger partial charge in [-0.2, -0.15) is 5.10 Å². The van der Waals surface area contributed by atoms with Gasteiger partial charge < -0.3 is 19.1 Å². The van der Waals surface area contributed by atoms with Crippen molar-refractivity contribution in [1.82, 2.24) is 29.9 Å². The van der Waals surface area contributed by atoms with Crippen molar-refractivity contribution in [3.63, 3.8) is 0 Å². The molecule has 2 unspecified atom stereocenters. The van der Waals surface area contributed by atoms with Crippen molar-refractivity contribution in [3.8, 4) is 28.3 Å². The molecule has 3 aliphatic rings. The molecule has 10 nitrogen and oxygen atoms in total. The number of amides is 1. The molecule has 12 heteroatoms. The van der Waals surface area contributed by atoms with Crippen LogP contribution in [-0.4, -0.2) is 66.4 Å². The lowest BCUT2D eigenvalue weighted by molar-refractivity contribution is -0.0394. The molecule has 4 aromatic rings. The van der Waals surface area contributed by atoms with Gasteiger partial charge in [-0.3, -0.25) is 0 Å². The lowest BCUT2D eigenvalue weighted by Crippen LogP contribution is -2.50. The Kier molecular flexibility index (Phi) is 7.29. The van der Waals surface area contributed by atoms with Gasteiger partial charge >= 0.3 is 6.09 Å². The number of fused-ring (bicyclic) bond motifs is 3. The van der Waals surface area contributed by atoms with Gasteiger partial charge in [0.1, 0.15) is 23.8 Å². The van der Waals surface area contributed by atoms with Gasteiger partial charge in [-0.05, 0) is 65.0 Å². The van der Waals surface area contributed by atoms with Crippen molar-refractivity contribution in [2.24, 2.45) is 0 Å². The van der Waals surface area contributed by atoms with E-state index < -0.39 is 11.4 Å². The molecule has 2 bridgehead atoms. The summed E-state index contributed by atoms with van der Waals surface area (Å²) in [5, 5.41) is 13.2. The molecule has 3 aromatic heterocycles. The van der Waals surface area contributed by atoms with Crippen LogP contribution in [0.5, 0.6) is 5.88 Å². The van der Waals surface area contributed by atoms with E-state index in [0.29, 0.717) is 40.4 Å². The van der Waals surface area contributed by atoms with Gasteiger partial charge in [0.2, 0.25) is 5.88 Å². The first-order chi connectivity index (χ1) is 20.7. The Morgan fingerprint density at radius 1 is 1.12 bits per heavy atom. The van der Waals surface area contributed by atoms with Crippen molar-refractivity contribution < 1.29 is 23.4 Å². The molecule has 7 rings (SSSR count). The van der Waals surface area contributed by atoms with Gasteiger partial charge in [0.05, 0.1) is 27.6 Å². The number of benzene rings is 1. The Labute approximate surface area is 253 Å². The average Bonchev–Trinajstić information content (AvgIpc) is 3.71. The molecule has 1 amide bonds. The third-order valence-corrected chi connectivity index (χ3v) is 9.26. The monoisotopic (exact) mass is 606 g/mol. The number of carbonyl (C=O) groups excluding carboxylic acids is 1. The number of hydrogen-bond acceptors (Lipinski definition) is 9. The summed E-state index contributed by atoms with van der Waals surface area (Å²) < 4.78 is 36.0. The summed E-state index contributed by atoms with van der Waals surface area (Å²) in [5.74, 6) is 0.0146. The standard InChI is InChI=1S/C31H35FN6O4S/c1-31(2,3)42-30(39)38-19-7-8-20(38)13-21(12-19)41-25-10-9-24(35-36-25)22-14-23(32)27(28-29(22)43-17-33-28)18-15-34-37(16-18)26-6-4-5-11-40-26/h9-10,14-17,19-21,26H,4-8,11-13H2,1-3H3/t19-,20+,21?,26?. The summed E-state index contributed by atoms with van der Waals surface area (Å²) in [6, 6.07) is 5.26. The van der Waals surface area contributed by atoms with Gasteiger partial charge in [0, 0.05) is 60.5 Å². The Morgan fingerprint density at radius 3 is 2.63 bits per heavy atom. The van der Waals surface area contributed by atoms with Gasteiger partial charge in [-0.15, -0.1) is 21.5 Å². The maximum atomic E-state index is 15.7. The van der Waals surface area contributed by atoms with Crippen LogP contribution in [0.3, 0.4) is 0 Å². The van der Waals surface area contributed by atoms with Crippen LogP contribution in [0.1, 0.15) is 71.9 Å². The molecule has 43 heavy (non-hydrogen) atoms. The molecule has 0 aliphatic carbocycles. The van der Waals surface area contributed by atoms with Crippen molar-refractivity contribution >= 4 is 27.6 Å². The van der Waals surface area contributed by atoms with Gasteiger partial charge in [-0.25, -0.2) is 18.9 Å². The first kappa shape index (κ1) is 28.1. The highest BCUT2D eigenvalue weighted by Crippen LogP contribution is 2.40. The lowest BCUT2D eigenvalue weighted by atomic mass is 10.0. The number of nitrogens with zero attached hydrogens (tertiary/aromatic N) is 6. The van der Waals surface area contributed by atoms with Crippen LogP contribution in [-0.2, 0) is 9.47 Å². The predicted octanol–water partition coefficient (Wildman–Crippen LogP) is 6.76. The second kappa shape index (κ2) is 11.1. The molecule has 1 aromatic carbocycles. The normalized spacial score (nSPS) is 24.0. The molecular weight excluding hydrogens is 571 g/mol. The quantitative estimate of drug-likeness (QED) is 0.245. The zero-order chi connectivity index (χ0) is 29.7. The SMILES string of the molecule is CC(C)(C)OC(=O)N1[C@@H]2CC[C@H]1CC(Oc1ccc(-c3cc(F)c(-c4cnn(C5CCCCO5)c4)c4ncsc34)nn1)C2. The molecule has 0 spiro atoms. The molecule has 0 N–H and O–H groups in total. The van der Waals surface area contributed by atoms with Crippen molar-refractivity contribution in [3.05, 3.63) is 41.9 Å². The summed E-state index contributed by atoms with van der Waals surface area (Å²) in [5.41, 5.74) is 4.01. The fourth-order valence-corrected chi connectivity index (χ4v) is 7.37. The molecule has 226 valence electrons. The zero-order valence-electron chi connectivity index (χ0n) is 24.5. The van der Waals surface area contributed by atoms with E-state index in [1.54, 1.807) is 28.5 Å². The van der Waals surface area contributed by atoms with Crippen molar-refractivity contribution in [2.75, 3.05) is 6.61 Å². The largest absolute Gasteiger partial charge is 0.473 e. The number of halogens is 1. The number of hydrogen-bond donors (Lipinski definition) is 0. The maximum Gasteiger partial charge on any atom is 0.410 e. The maximum absolute atomic E-state index is 15.7. The minimum absolute atomic E-state index is 0.0683. The first-order valence-electron chi connectivity index (χ1n) is 15.0. The zero-order valence-corrected chi connectivity index (χ0v) is 25.3. The average molecular weight is 607 g/mol. The Morgan fingerprint density at radius 2 is 1.93 bits per heavy atom. The van der Waals surface area contributed by atoms with Crippen molar-refractivity contribution in [2.45, 2.75) is 95.7 Å². The predicted molar refractivity (Wildman–Crippen MR) is 159 cm³/mol. The van der Waals surface area contributed by atoms with E-state index in [4.69, 9.17) is 14.2 Å². The van der Waals surface area contributed by atoms with Gasteiger partial charge in [0.15, 0.2) is 0 Å². The second-order valence-corrected chi connectivity index (χ2v) is 13.4. The van der Waals surface area contributed by atoms with Crippen LogP contribution >= 0.6 is 11.3 Å². The van der Waals surface area contributed by atoms with Crippen LogP contribution in [0.2, 0.25) is 0 Å². The third kappa shape index (κ3) is 5.58. The van der Waals surface area contributed by atoms with E-state index >= 15 is 4.39 Å². The molecule has 4 atom stereocenters. The first-order valence-corrected chi connectivity index (χ1v) is 15.9. The second-order valence-electron chi connectivity index (χ2n) is 12.6. The highest BCUT2D eigenvalue weighted by molar-refractivity contribution is 7.17. The third-order valence-electron chi connectivity index (χ3n) is 8.40. The Balaban J connectivity index is 1.07. The molecule has 6 heterocycles. The summed E-state index contributed by atoms with van der Waals surface area (Å²) >= 11 is 1.44. The number of aromatic nitrogens is 5. The smallest absolute Gasteiger partial charge is 0.410 e. The van der Waals surface area contributed by atoms with E-state index in [-0.39, 0.29) is 30.5 Å². The van der Waals surface area contributed by atoms with Crippen molar-refractivity contribution in [1.29, 1.82) is 0 Å². The van der Waals surface area contributed by atoms with Crippen LogP contribution in [0, 0.1) is 5.82 Å². The number of piperidine rings is 1. The van der Waals surface area contributed by atoms with E-state index in [1.807, 2.05) is 31.9 Å². The number of thiazole rings is 1. The molecular formula is C31H35FN6O4S. The van der Waals surface area contributed by atoms with Crippen LogP contribution in [0.25, 0.3) is 32.6 Å². The van der Waals surface area contributed by atoms with Crippen LogP contribution < -0.4 is 4.74 Å². The summed E-state index contributed by atoms with van der Waals surface area (Å²) in [4.78, 5) is 19.2. The molecule has 0 saturated carbocycles. The molecule has 3 fully saturated rings. The highest BCUT2D eigenvalue weighted by atomic mass is 32.1. The number of ether oxygens (including phenoxy) is 3. The fourth-order valence-electron chi connectivity index (χ4n) is 6.55. The number of rotatable bonds is 5. The minimum Gasteiger partial charge on any atom is -0.473 e. The molecule has 3 aliphatic heterocycles. The highest BCUT2D eigenvalue weighted by Gasteiger charge is 2.45. The van der Waals surface area contributed by atoms with E-state index in [9.17, 15) is 4.79 Å². The van der Waals surface area contributed by atoms with E-state index in [0.717, 1.165) is 49.6 Å². The molecule has 0 radical (unpaired) electrons. The number of carbonyl (C=O) groups is 1. The van der Waals surface area contributed by atoms with Crippen LogP contribution in [0.15, 0.2) is 36.1 Å². The molecule has 3 saturated heterocycles. The Bertz CT molecular complexity index is 1610. The van der Waals surface area contributed by atoms with E-state index in [2.05, 4.69) is 20.3 Å². The van der Waals surface area contributed by atoms with E-state index in [1.165, 1.54) is 17.4 Å². The summed E-state index contributed by atoms with van der Waals surface area (Å²) in [6.45, 7) is 6.36. The summed E-state index contributed by atoms with van der Waals surface area (Å²) in [7, 11) is 0. The van der Waals surface area contributed by atoms with Crippen LogP contribution in [0.4, 0.5) is 9.18 Å². The van der Waals surface area contributed by atoms with Gasteiger partial charge in [-0.1, -0.05) is 0 Å². The lowest BCUT2D eigenvalue weighted by Gasteiger charge is -2.39. The minimum atomic E-state index is -0.525. The topological polar surface area (TPSA) is 104 Å². The Hall–Kier alpha value is -3.64. The fraction of sp³-hybridized carbons (Fsp3) is 0.516. The van der Waals surface area contributed by atoms with Gasteiger partial charge in [0.25, 0.3) is 0 Å². The summed E-state index contributed by atoms with van der Waals surface area (Å²) in [6.07, 6.45) is 9.40.